The highest BCUT2D eigenvalue weighted by Gasteiger charge is 2.14. The first-order chi connectivity index (χ1) is 6.99. The van der Waals surface area contributed by atoms with Crippen LogP contribution >= 0.6 is 0 Å². The van der Waals surface area contributed by atoms with Crippen LogP contribution in [0.25, 0.3) is 0 Å². The largest absolute Gasteiger partial charge is 0.328 e. The van der Waals surface area contributed by atoms with Gasteiger partial charge in [0, 0.05) is 5.69 Å². The smallest absolute Gasteiger partial charge is 0.211 e. The molecule has 0 aromatic heterocycles. The molecule has 0 saturated carbocycles. The zero-order chi connectivity index (χ0) is 11.5. The monoisotopic (exact) mass is 205 g/mol. The van der Waals surface area contributed by atoms with Crippen molar-refractivity contribution in [2.24, 2.45) is 0 Å². The normalized spacial score (nSPS) is 11.2. The zero-order valence-corrected chi connectivity index (χ0v) is 9.92. The number of hydrogen-bond acceptors (Lipinski definition) is 1. The summed E-state index contributed by atoms with van der Waals surface area (Å²) in [5, 5.41) is 2.76. The quantitative estimate of drug-likeness (QED) is 0.755. The van der Waals surface area contributed by atoms with Gasteiger partial charge in [0.15, 0.2) is 0 Å². The van der Waals surface area contributed by atoms with Crippen molar-refractivity contribution in [2.45, 2.75) is 39.5 Å². The molecule has 0 fully saturated rings. The van der Waals surface area contributed by atoms with Gasteiger partial charge >= 0.3 is 0 Å². The summed E-state index contributed by atoms with van der Waals surface area (Å²) in [6.07, 6.45) is 1.67. The fourth-order valence-corrected chi connectivity index (χ4v) is 1.55. The van der Waals surface area contributed by atoms with E-state index in [-0.39, 0.29) is 5.41 Å². The van der Waals surface area contributed by atoms with Crippen LogP contribution in [0.1, 0.15) is 38.8 Å². The molecule has 1 rings (SSSR count). The molecule has 0 aliphatic heterocycles. The number of carbonyl (C=O) groups is 1. The predicted octanol–water partition coefficient (Wildman–Crippen LogP) is 3.11. The topological polar surface area (TPSA) is 29.1 Å². The fourth-order valence-electron chi connectivity index (χ4n) is 1.55. The lowest BCUT2D eigenvalue weighted by Gasteiger charge is -2.20. The SMILES string of the molecule is CCc1ccc(C(C)(C)C)cc1NC=O. The van der Waals surface area contributed by atoms with Crippen LogP contribution in [-0.4, -0.2) is 6.41 Å². The van der Waals surface area contributed by atoms with Crippen LogP contribution in [0.2, 0.25) is 0 Å². The second kappa shape index (κ2) is 4.47. The van der Waals surface area contributed by atoms with Gasteiger partial charge in [0.25, 0.3) is 0 Å². The Labute approximate surface area is 91.7 Å². The van der Waals surface area contributed by atoms with Crippen molar-refractivity contribution in [2.75, 3.05) is 5.32 Å². The van der Waals surface area contributed by atoms with Crippen LogP contribution in [0, 0.1) is 0 Å². The fraction of sp³-hybridized carbons (Fsp3) is 0.462. The van der Waals surface area contributed by atoms with Gasteiger partial charge in [-0.05, 0) is 29.0 Å². The Hall–Kier alpha value is -1.31. The molecule has 2 nitrogen and oxygen atoms in total. The van der Waals surface area contributed by atoms with Crippen LogP contribution in [-0.2, 0) is 16.6 Å². The summed E-state index contributed by atoms with van der Waals surface area (Å²) in [4.78, 5) is 10.5. The van der Waals surface area contributed by atoms with E-state index in [1.165, 1.54) is 11.1 Å². The van der Waals surface area contributed by atoms with E-state index in [9.17, 15) is 4.79 Å². The maximum Gasteiger partial charge on any atom is 0.211 e. The van der Waals surface area contributed by atoms with E-state index in [4.69, 9.17) is 0 Å². The molecule has 0 heterocycles. The molecule has 15 heavy (non-hydrogen) atoms. The van der Waals surface area contributed by atoms with E-state index in [1.54, 1.807) is 0 Å². The van der Waals surface area contributed by atoms with Crippen LogP contribution in [0.5, 0.6) is 0 Å². The summed E-state index contributed by atoms with van der Waals surface area (Å²) in [6, 6.07) is 6.29. The Balaban J connectivity index is 3.15. The third-order valence-corrected chi connectivity index (χ3v) is 2.57. The zero-order valence-electron chi connectivity index (χ0n) is 9.92. The summed E-state index contributed by atoms with van der Waals surface area (Å²) < 4.78 is 0. The molecule has 0 saturated heterocycles. The predicted molar refractivity (Wildman–Crippen MR) is 64.2 cm³/mol. The minimum atomic E-state index is 0.117. The molecule has 0 bridgehead atoms. The lowest BCUT2D eigenvalue weighted by Crippen LogP contribution is -2.12. The van der Waals surface area contributed by atoms with Crippen LogP contribution < -0.4 is 5.32 Å². The molecule has 0 unspecified atom stereocenters. The van der Waals surface area contributed by atoms with Crippen molar-refractivity contribution in [3.63, 3.8) is 0 Å². The highest BCUT2D eigenvalue weighted by atomic mass is 16.1. The van der Waals surface area contributed by atoms with Crippen LogP contribution in [0.4, 0.5) is 5.69 Å². The average molecular weight is 205 g/mol. The van der Waals surface area contributed by atoms with Gasteiger partial charge in [-0.3, -0.25) is 4.79 Å². The number of anilines is 1. The van der Waals surface area contributed by atoms with Crippen LogP contribution in [0.3, 0.4) is 0 Å². The summed E-state index contributed by atoms with van der Waals surface area (Å²) in [5.74, 6) is 0. The first-order valence-corrected chi connectivity index (χ1v) is 5.32. The Bertz CT molecular complexity index is 350. The van der Waals surface area contributed by atoms with Gasteiger partial charge in [-0.2, -0.15) is 0 Å². The first kappa shape index (κ1) is 11.8. The minimum Gasteiger partial charge on any atom is -0.328 e. The Morgan fingerprint density at radius 1 is 1.33 bits per heavy atom. The lowest BCUT2D eigenvalue weighted by molar-refractivity contribution is -0.105. The molecule has 0 atom stereocenters. The Kier molecular flexibility index (Phi) is 3.51. The van der Waals surface area contributed by atoms with Crippen LogP contribution in [0.15, 0.2) is 18.2 Å². The molecular formula is C13H19NO. The standard InChI is InChI=1S/C13H19NO/c1-5-10-6-7-11(13(2,3)4)8-12(10)14-9-15/h6-9H,5H2,1-4H3,(H,14,15). The highest BCUT2D eigenvalue weighted by molar-refractivity contribution is 5.74. The van der Waals surface area contributed by atoms with Crippen molar-refractivity contribution in [1.29, 1.82) is 0 Å². The van der Waals surface area contributed by atoms with Gasteiger partial charge in [-0.25, -0.2) is 0 Å². The third kappa shape index (κ3) is 2.82. The maximum absolute atomic E-state index is 10.5. The van der Waals surface area contributed by atoms with Crippen molar-refractivity contribution in [3.05, 3.63) is 29.3 Å². The molecule has 0 aliphatic rings. The third-order valence-electron chi connectivity index (χ3n) is 2.57. The minimum absolute atomic E-state index is 0.117. The maximum atomic E-state index is 10.5. The molecule has 0 radical (unpaired) electrons. The summed E-state index contributed by atoms with van der Waals surface area (Å²) >= 11 is 0. The second-order valence-corrected chi connectivity index (χ2v) is 4.74. The van der Waals surface area contributed by atoms with Gasteiger partial charge in [0.05, 0.1) is 0 Å². The van der Waals surface area contributed by atoms with Gasteiger partial charge in [0.1, 0.15) is 0 Å². The average Bonchev–Trinajstić information content (AvgIpc) is 2.17. The van der Waals surface area contributed by atoms with Crippen molar-refractivity contribution < 1.29 is 4.79 Å². The Morgan fingerprint density at radius 2 is 2.00 bits per heavy atom. The van der Waals surface area contributed by atoms with Gasteiger partial charge in [0.2, 0.25) is 6.41 Å². The second-order valence-electron chi connectivity index (χ2n) is 4.74. The number of aryl methyl sites for hydroxylation is 1. The van der Waals surface area contributed by atoms with E-state index in [0.29, 0.717) is 0 Å². The highest BCUT2D eigenvalue weighted by Crippen LogP contribution is 2.27. The molecule has 0 spiro atoms. The number of carbonyl (C=O) groups excluding carboxylic acids is 1. The van der Waals surface area contributed by atoms with Gasteiger partial charge in [-0.1, -0.05) is 39.8 Å². The number of benzene rings is 1. The number of hydrogen-bond donors (Lipinski definition) is 1. The molecular weight excluding hydrogens is 186 g/mol. The van der Waals surface area contributed by atoms with E-state index >= 15 is 0 Å². The summed E-state index contributed by atoms with van der Waals surface area (Å²) in [7, 11) is 0. The Morgan fingerprint density at radius 3 is 2.47 bits per heavy atom. The number of rotatable bonds is 3. The van der Waals surface area contributed by atoms with Crippen molar-refractivity contribution in [3.8, 4) is 0 Å². The molecule has 1 amide bonds. The molecule has 2 heteroatoms. The molecule has 82 valence electrons. The number of nitrogens with one attached hydrogen (secondary N) is 1. The van der Waals surface area contributed by atoms with E-state index in [0.717, 1.165) is 18.5 Å². The molecule has 1 N–H and O–H groups in total. The van der Waals surface area contributed by atoms with E-state index < -0.39 is 0 Å². The van der Waals surface area contributed by atoms with E-state index in [2.05, 4.69) is 51.2 Å². The van der Waals surface area contributed by atoms with Gasteiger partial charge < -0.3 is 5.32 Å². The summed E-state index contributed by atoms with van der Waals surface area (Å²) in [6.45, 7) is 8.58. The summed E-state index contributed by atoms with van der Waals surface area (Å²) in [5.41, 5.74) is 3.46. The molecule has 1 aromatic carbocycles. The van der Waals surface area contributed by atoms with E-state index in [1.807, 2.05) is 0 Å². The lowest BCUT2D eigenvalue weighted by atomic mass is 9.86. The van der Waals surface area contributed by atoms with Gasteiger partial charge in [-0.15, -0.1) is 0 Å². The van der Waals surface area contributed by atoms with Crippen molar-refractivity contribution >= 4 is 12.1 Å². The number of amides is 1. The first-order valence-electron chi connectivity index (χ1n) is 5.32. The van der Waals surface area contributed by atoms with Crippen molar-refractivity contribution in [1.82, 2.24) is 0 Å². The molecule has 1 aromatic rings. The molecule has 0 aliphatic carbocycles.